The third-order valence-electron chi connectivity index (χ3n) is 3.18. The number of nitrogens with zero attached hydrogens (tertiary/aromatic N) is 1. The van der Waals surface area contributed by atoms with Gasteiger partial charge in [0.15, 0.2) is 0 Å². The zero-order chi connectivity index (χ0) is 13.1. The molecule has 0 aliphatic heterocycles. The molecule has 0 N–H and O–H groups in total. The Morgan fingerprint density at radius 3 is 1.69 bits per heavy atom. The summed E-state index contributed by atoms with van der Waals surface area (Å²) in [6.45, 7) is 20.4. The highest BCUT2D eigenvalue weighted by atomic mass is 15.1. The van der Waals surface area contributed by atoms with Crippen LogP contribution in [-0.2, 0) is 0 Å². The minimum Gasteiger partial charge on any atom is -0.301 e. The molecule has 0 rings (SSSR count). The van der Waals surface area contributed by atoms with Crippen molar-refractivity contribution in [3.8, 4) is 0 Å². The largest absolute Gasteiger partial charge is 0.301 e. The van der Waals surface area contributed by atoms with E-state index < -0.39 is 0 Å². The van der Waals surface area contributed by atoms with E-state index in [-0.39, 0.29) is 0 Å². The van der Waals surface area contributed by atoms with Crippen molar-refractivity contribution in [2.24, 2.45) is 11.8 Å². The lowest BCUT2D eigenvalue weighted by Gasteiger charge is -2.31. The van der Waals surface area contributed by atoms with Crippen LogP contribution in [0.2, 0.25) is 0 Å². The third kappa shape index (κ3) is 8.15. The van der Waals surface area contributed by atoms with Crippen LogP contribution in [0.15, 0.2) is 0 Å². The molecule has 0 heterocycles. The van der Waals surface area contributed by atoms with Crippen molar-refractivity contribution in [2.45, 2.75) is 74.3 Å². The maximum absolute atomic E-state index is 2.62. The molecule has 0 aliphatic rings. The van der Waals surface area contributed by atoms with Crippen LogP contribution in [-0.4, -0.2) is 24.0 Å². The van der Waals surface area contributed by atoms with Gasteiger partial charge in [0, 0.05) is 12.6 Å². The highest BCUT2D eigenvalue weighted by Crippen LogP contribution is 2.17. The van der Waals surface area contributed by atoms with Gasteiger partial charge in [-0.25, -0.2) is 0 Å². The van der Waals surface area contributed by atoms with Gasteiger partial charge >= 0.3 is 0 Å². The van der Waals surface area contributed by atoms with Crippen molar-refractivity contribution in [1.29, 1.82) is 0 Å². The topological polar surface area (TPSA) is 3.24 Å². The first-order valence-corrected chi connectivity index (χ1v) is 7.26. The van der Waals surface area contributed by atoms with Crippen LogP contribution in [0.4, 0.5) is 0 Å². The van der Waals surface area contributed by atoms with Crippen molar-refractivity contribution in [2.75, 3.05) is 13.1 Å². The predicted octanol–water partition coefficient (Wildman–Crippen LogP) is 4.82. The molecule has 0 fully saturated rings. The first kappa shape index (κ1) is 18.3. The van der Waals surface area contributed by atoms with E-state index in [1.807, 2.05) is 13.8 Å². The minimum absolute atomic E-state index is 0.697. The molecule has 0 aliphatic carbocycles. The summed E-state index contributed by atoms with van der Waals surface area (Å²) in [6.07, 6.45) is 2.58. The minimum atomic E-state index is 0.697. The van der Waals surface area contributed by atoms with Crippen LogP contribution in [0.1, 0.15) is 68.2 Å². The molecule has 1 unspecified atom stereocenters. The molecular formula is C15H35N. The van der Waals surface area contributed by atoms with Crippen molar-refractivity contribution in [3.05, 3.63) is 0 Å². The van der Waals surface area contributed by atoms with Gasteiger partial charge in [-0.15, -0.1) is 0 Å². The van der Waals surface area contributed by atoms with Gasteiger partial charge in [-0.1, -0.05) is 48.0 Å². The molecule has 0 aromatic rings. The van der Waals surface area contributed by atoms with Crippen LogP contribution in [0.3, 0.4) is 0 Å². The number of hydrogen-bond acceptors (Lipinski definition) is 1. The number of hydrogen-bond donors (Lipinski definition) is 0. The zero-order valence-electron chi connectivity index (χ0n) is 13.0. The normalized spacial score (nSPS) is 12.9. The summed E-state index contributed by atoms with van der Waals surface area (Å²) >= 11 is 0. The van der Waals surface area contributed by atoms with Crippen LogP contribution in [0.25, 0.3) is 0 Å². The van der Waals surface area contributed by atoms with Gasteiger partial charge in [0.25, 0.3) is 0 Å². The summed E-state index contributed by atoms with van der Waals surface area (Å²) in [4.78, 5) is 2.62. The summed E-state index contributed by atoms with van der Waals surface area (Å²) in [5, 5.41) is 0. The van der Waals surface area contributed by atoms with Crippen LogP contribution in [0, 0.1) is 11.8 Å². The molecular weight excluding hydrogens is 194 g/mol. The lowest BCUT2D eigenvalue weighted by molar-refractivity contribution is 0.162. The molecule has 0 aromatic carbocycles. The Morgan fingerprint density at radius 1 is 0.938 bits per heavy atom. The Balaban J connectivity index is 0. The van der Waals surface area contributed by atoms with E-state index >= 15 is 0 Å². The van der Waals surface area contributed by atoms with Crippen LogP contribution in [0.5, 0.6) is 0 Å². The predicted molar refractivity (Wildman–Crippen MR) is 77.0 cm³/mol. The van der Waals surface area contributed by atoms with E-state index in [1.165, 1.54) is 25.9 Å². The van der Waals surface area contributed by atoms with E-state index in [9.17, 15) is 0 Å². The summed E-state index contributed by atoms with van der Waals surface area (Å²) in [7, 11) is 0. The second-order valence-corrected chi connectivity index (χ2v) is 5.00. The van der Waals surface area contributed by atoms with E-state index in [4.69, 9.17) is 0 Å². The molecule has 0 aromatic heterocycles. The van der Waals surface area contributed by atoms with Gasteiger partial charge in [0.2, 0.25) is 0 Å². The highest BCUT2D eigenvalue weighted by molar-refractivity contribution is 4.70. The first-order valence-electron chi connectivity index (χ1n) is 7.26. The number of rotatable bonds is 7. The lowest BCUT2D eigenvalue weighted by atomic mass is 9.92. The zero-order valence-corrected chi connectivity index (χ0v) is 13.0. The van der Waals surface area contributed by atoms with Gasteiger partial charge < -0.3 is 4.90 Å². The molecule has 1 nitrogen and oxygen atoms in total. The Bertz CT molecular complexity index is 129. The fourth-order valence-corrected chi connectivity index (χ4v) is 1.96. The van der Waals surface area contributed by atoms with Crippen molar-refractivity contribution in [1.82, 2.24) is 4.90 Å². The second-order valence-electron chi connectivity index (χ2n) is 5.00. The summed E-state index contributed by atoms with van der Waals surface area (Å²) in [5.41, 5.74) is 0. The van der Waals surface area contributed by atoms with Gasteiger partial charge in [0.05, 0.1) is 0 Å². The molecule has 1 atom stereocenters. The standard InChI is InChI=1S/C13H29N.C2H6/c1-7-9-14(12(5)6)10-13(8-2)11(3)4;1-2/h11-13H,7-10H2,1-6H3;1-2H3. The van der Waals surface area contributed by atoms with Gasteiger partial charge in [-0.2, -0.15) is 0 Å². The maximum Gasteiger partial charge on any atom is 0.00387 e. The smallest absolute Gasteiger partial charge is 0.00387 e. The van der Waals surface area contributed by atoms with Crippen LogP contribution < -0.4 is 0 Å². The Hall–Kier alpha value is -0.0400. The Kier molecular flexibility index (Phi) is 13.1. The quantitative estimate of drug-likeness (QED) is 0.605. The summed E-state index contributed by atoms with van der Waals surface area (Å²) < 4.78 is 0. The highest BCUT2D eigenvalue weighted by Gasteiger charge is 2.17. The third-order valence-corrected chi connectivity index (χ3v) is 3.18. The van der Waals surface area contributed by atoms with Gasteiger partial charge in [-0.05, 0) is 38.6 Å². The molecule has 1 heteroatoms. The molecule has 100 valence electrons. The summed E-state index contributed by atoms with van der Waals surface area (Å²) in [6, 6.07) is 0.697. The molecule has 0 saturated carbocycles. The van der Waals surface area contributed by atoms with E-state index in [0.717, 1.165) is 11.8 Å². The lowest BCUT2D eigenvalue weighted by Crippen LogP contribution is -2.37. The van der Waals surface area contributed by atoms with Crippen molar-refractivity contribution in [3.63, 3.8) is 0 Å². The summed E-state index contributed by atoms with van der Waals surface area (Å²) in [5.74, 6) is 1.68. The molecule has 0 amide bonds. The van der Waals surface area contributed by atoms with Crippen LogP contribution >= 0.6 is 0 Å². The monoisotopic (exact) mass is 229 g/mol. The molecule has 0 spiro atoms. The molecule has 0 saturated heterocycles. The van der Waals surface area contributed by atoms with E-state index in [2.05, 4.69) is 46.4 Å². The molecule has 0 radical (unpaired) electrons. The average molecular weight is 229 g/mol. The fraction of sp³-hybridized carbons (Fsp3) is 1.00. The Morgan fingerprint density at radius 2 is 1.44 bits per heavy atom. The average Bonchev–Trinajstić information content (AvgIpc) is 2.26. The first-order chi connectivity index (χ1) is 7.52. The van der Waals surface area contributed by atoms with Gasteiger partial charge in [-0.3, -0.25) is 0 Å². The van der Waals surface area contributed by atoms with Gasteiger partial charge in [0.1, 0.15) is 0 Å². The SMILES string of the molecule is CC.CCCN(CC(CC)C(C)C)C(C)C. The molecule has 16 heavy (non-hydrogen) atoms. The van der Waals surface area contributed by atoms with Crippen molar-refractivity contribution < 1.29 is 0 Å². The second kappa shape index (κ2) is 11.4. The van der Waals surface area contributed by atoms with Crippen molar-refractivity contribution >= 4 is 0 Å². The van der Waals surface area contributed by atoms with E-state index in [1.54, 1.807) is 0 Å². The fourth-order valence-electron chi connectivity index (χ4n) is 1.96. The Labute approximate surface area is 105 Å². The maximum atomic E-state index is 2.62. The molecule has 0 bridgehead atoms. The van der Waals surface area contributed by atoms with E-state index in [0.29, 0.717) is 6.04 Å².